The Hall–Kier alpha value is -2.94. The molecule has 1 unspecified atom stereocenters. The van der Waals surface area contributed by atoms with E-state index >= 15 is 0 Å². The molecule has 2 aliphatic heterocycles. The number of rotatable bonds is 3. The van der Waals surface area contributed by atoms with Crippen LogP contribution in [0.5, 0.6) is 17.2 Å². The van der Waals surface area contributed by atoms with Crippen molar-refractivity contribution in [2.45, 2.75) is 37.9 Å². The molecule has 0 aromatic heterocycles. The van der Waals surface area contributed by atoms with Crippen LogP contribution in [0.15, 0.2) is 66.7 Å². The predicted molar refractivity (Wildman–Crippen MR) is 109 cm³/mol. The fourth-order valence-electron chi connectivity index (χ4n) is 4.45. The fourth-order valence-corrected chi connectivity index (χ4v) is 4.45. The normalized spacial score (nSPS) is 24.8. The smallest absolute Gasteiger partial charge is 0.135 e. The summed E-state index contributed by atoms with van der Waals surface area (Å²) in [6.07, 6.45) is 0.869. The van der Waals surface area contributed by atoms with Gasteiger partial charge in [-0.3, -0.25) is 0 Å². The summed E-state index contributed by atoms with van der Waals surface area (Å²) >= 11 is 0. The molecule has 28 heavy (non-hydrogen) atoms. The fraction of sp³-hybridized carbons (Fsp3) is 0.280. The molecule has 0 fully saturated rings. The number of methoxy groups -OCH3 is 1. The van der Waals surface area contributed by atoms with Crippen molar-refractivity contribution in [1.82, 2.24) is 0 Å². The molecule has 3 heteroatoms. The first-order chi connectivity index (χ1) is 13.6. The van der Waals surface area contributed by atoms with Crippen LogP contribution in [0.4, 0.5) is 0 Å². The third-order valence-corrected chi connectivity index (χ3v) is 6.08. The summed E-state index contributed by atoms with van der Waals surface area (Å²) in [6.45, 7) is 4.39. The largest absolute Gasteiger partial charge is 0.497 e. The molecule has 2 heterocycles. The Balaban J connectivity index is 1.44. The SMILES string of the molecule is COc1ccc([C@H]2Oc3cc4c(cc3C2C)O[C@](C)(c2ccccc2)C4)cc1. The molecule has 3 aromatic carbocycles. The lowest BCUT2D eigenvalue weighted by molar-refractivity contribution is 0.115. The lowest BCUT2D eigenvalue weighted by Gasteiger charge is -2.24. The molecule has 3 nitrogen and oxygen atoms in total. The predicted octanol–water partition coefficient (Wildman–Crippen LogP) is 5.78. The minimum absolute atomic E-state index is 0.0175. The number of hydrogen-bond donors (Lipinski definition) is 0. The Labute approximate surface area is 165 Å². The van der Waals surface area contributed by atoms with Gasteiger partial charge in [-0.25, -0.2) is 0 Å². The third kappa shape index (κ3) is 2.65. The van der Waals surface area contributed by atoms with Crippen LogP contribution in [-0.2, 0) is 12.0 Å². The second kappa shape index (κ2) is 6.30. The monoisotopic (exact) mass is 372 g/mol. The molecule has 0 aliphatic carbocycles. The summed E-state index contributed by atoms with van der Waals surface area (Å²) in [5, 5.41) is 0. The summed E-state index contributed by atoms with van der Waals surface area (Å²) < 4.78 is 18.1. The molecular formula is C25H24O3. The Bertz CT molecular complexity index is 1010. The first kappa shape index (κ1) is 17.2. The summed E-state index contributed by atoms with van der Waals surface area (Å²) in [4.78, 5) is 0. The molecule has 0 N–H and O–H groups in total. The molecular weight excluding hydrogens is 348 g/mol. The molecule has 2 aliphatic rings. The molecule has 0 spiro atoms. The van der Waals surface area contributed by atoms with Crippen molar-refractivity contribution in [3.05, 3.63) is 89.0 Å². The van der Waals surface area contributed by atoms with Gasteiger partial charge in [-0.2, -0.15) is 0 Å². The van der Waals surface area contributed by atoms with Gasteiger partial charge in [0.1, 0.15) is 29.0 Å². The number of ether oxygens (including phenoxy) is 3. The van der Waals surface area contributed by atoms with E-state index in [-0.39, 0.29) is 17.6 Å². The van der Waals surface area contributed by atoms with Crippen molar-refractivity contribution < 1.29 is 14.2 Å². The molecule has 0 saturated heterocycles. The highest BCUT2D eigenvalue weighted by atomic mass is 16.5. The van der Waals surface area contributed by atoms with E-state index in [9.17, 15) is 0 Å². The minimum atomic E-state index is -0.322. The van der Waals surface area contributed by atoms with Crippen molar-refractivity contribution in [1.29, 1.82) is 0 Å². The van der Waals surface area contributed by atoms with Gasteiger partial charge in [0.15, 0.2) is 0 Å². The molecule has 0 radical (unpaired) electrons. The molecule has 0 saturated carbocycles. The summed E-state index contributed by atoms with van der Waals surface area (Å²) in [7, 11) is 1.68. The molecule has 5 rings (SSSR count). The quantitative estimate of drug-likeness (QED) is 0.583. The van der Waals surface area contributed by atoms with Crippen LogP contribution >= 0.6 is 0 Å². The van der Waals surface area contributed by atoms with E-state index in [4.69, 9.17) is 14.2 Å². The van der Waals surface area contributed by atoms with Crippen LogP contribution in [0, 0.1) is 0 Å². The Morgan fingerprint density at radius 2 is 1.71 bits per heavy atom. The molecule has 3 atom stereocenters. The van der Waals surface area contributed by atoms with Crippen molar-refractivity contribution in [2.75, 3.05) is 7.11 Å². The van der Waals surface area contributed by atoms with Gasteiger partial charge >= 0.3 is 0 Å². The molecule has 0 bridgehead atoms. The minimum Gasteiger partial charge on any atom is -0.497 e. The second-order valence-electron chi connectivity index (χ2n) is 7.97. The highest BCUT2D eigenvalue weighted by Crippen LogP contribution is 2.51. The summed E-state index contributed by atoms with van der Waals surface area (Å²) in [6, 6.07) is 23.0. The second-order valence-corrected chi connectivity index (χ2v) is 7.97. The Kier molecular flexibility index (Phi) is 3.87. The van der Waals surface area contributed by atoms with Gasteiger partial charge in [-0.15, -0.1) is 0 Å². The van der Waals surface area contributed by atoms with Crippen LogP contribution in [0.3, 0.4) is 0 Å². The van der Waals surface area contributed by atoms with Gasteiger partial charge in [-0.1, -0.05) is 49.4 Å². The number of fused-ring (bicyclic) bond motifs is 2. The van der Waals surface area contributed by atoms with Gasteiger partial charge in [0.2, 0.25) is 0 Å². The van der Waals surface area contributed by atoms with Crippen LogP contribution in [-0.4, -0.2) is 7.11 Å². The number of hydrogen-bond acceptors (Lipinski definition) is 3. The van der Waals surface area contributed by atoms with E-state index in [0.29, 0.717) is 0 Å². The molecule has 0 amide bonds. The molecule has 142 valence electrons. The zero-order valence-electron chi connectivity index (χ0n) is 16.4. The third-order valence-electron chi connectivity index (χ3n) is 6.08. The Morgan fingerprint density at radius 3 is 2.43 bits per heavy atom. The maximum atomic E-state index is 6.45. The van der Waals surface area contributed by atoms with Gasteiger partial charge in [0, 0.05) is 23.5 Å². The van der Waals surface area contributed by atoms with E-state index < -0.39 is 0 Å². The average Bonchev–Trinajstić information content (AvgIpc) is 3.23. The highest BCUT2D eigenvalue weighted by Gasteiger charge is 2.40. The lowest BCUT2D eigenvalue weighted by atomic mass is 9.89. The van der Waals surface area contributed by atoms with Crippen LogP contribution in [0.1, 0.15) is 48.1 Å². The topological polar surface area (TPSA) is 27.7 Å². The summed E-state index contributed by atoms with van der Waals surface area (Å²) in [5.41, 5.74) is 4.48. The van der Waals surface area contributed by atoms with Crippen molar-refractivity contribution in [3.63, 3.8) is 0 Å². The summed E-state index contributed by atoms with van der Waals surface area (Å²) in [5.74, 6) is 3.09. The van der Waals surface area contributed by atoms with Gasteiger partial charge in [0.05, 0.1) is 7.11 Å². The lowest BCUT2D eigenvalue weighted by Crippen LogP contribution is -2.26. The van der Waals surface area contributed by atoms with Crippen LogP contribution in [0.2, 0.25) is 0 Å². The molecule has 3 aromatic rings. The maximum absolute atomic E-state index is 6.45. The average molecular weight is 372 g/mol. The van der Waals surface area contributed by atoms with Crippen LogP contribution in [0.25, 0.3) is 0 Å². The zero-order chi connectivity index (χ0) is 19.3. The first-order valence-electron chi connectivity index (χ1n) is 9.79. The van der Waals surface area contributed by atoms with E-state index in [2.05, 4.69) is 62.4 Å². The van der Waals surface area contributed by atoms with Gasteiger partial charge in [-0.05, 0) is 42.3 Å². The first-order valence-corrected chi connectivity index (χ1v) is 9.79. The standard InChI is InChI=1S/C25H24O3/c1-16-21-14-22-18(15-25(2,28-22)19-7-5-4-6-8-19)13-23(21)27-24(16)17-9-11-20(26-3)12-10-17/h4-14,16,24H,15H2,1-3H3/t16?,24-,25-/m0/s1. The van der Waals surface area contributed by atoms with Crippen LogP contribution < -0.4 is 14.2 Å². The van der Waals surface area contributed by atoms with Gasteiger partial charge in [0.25, 0.3) is 0 Å². The zero-order valence-corrected chi connectivity index (χ0v) is 16.4. The van der Waals surface area contributed by atoms with E-state index in [1.807, 2.05) is 18.2 Å². The number of benzene rings is 3. The van der Waals surface area contributed by atoms with E-state index in [0.717, 1.165) is 23.7 Å². The van der Waals surface area contributed by atoms with E-state index in [1.165, 1.54) is 22.3 Å². The van der Waals surface area contributed by atoms with E-state index in [1.54, 1.807) is 7.11 Å². The Morgan fingerprint density at radius 1 is 0.964 bits per heavy atom. The van der Waals surface area contributed by atoms with Crippen molar-refractivity contribution >= 4 is 0 Å². The highest BCUT2D eigenvalue weighted by molar-refractivity contribution is 5.54. The maximum Gasteiger partial charge on any atom is 0.135 e. The van der Waals surface area contributed by atoms with Crippen molar-refractivity contribution in [3.8, 4) is 17.2 Å². The van der Waals surface area contributed by atoms with Gasteiger partial charge < -0.3 is 14.2 Å². The van der Waals surface area contributed by atoms with Crippen molar-refractivity contribution in [2.24, 2.45) is 0 Å².